The van der Waals surface area contributed by atoms with Crippen molar-refractivity contribution in [3.05, 3.63) is 29.8 Å². The van der Waals surface area contributed by atoms with Crippen molar-refractivity contribution in [1.82, 2.24) is 14.9 Å². The number of sulfonamides is 1. The van der Waals surface area contributed by atoms with Gasteiger partial charge in [0.2, 0.25) is 10.0 Å². The highest BCUT2D eigenvalue weighted by atomic mass is 32.2. The standard InChI is InChI=1S/C16H23N3O3S2/c1-16(2,3)18-15(23)17-14(20)12-6-8-13(9-7-12)24(21,22)19-10-4-5-11-19/h6-9H,4-5,10-11H2,1-3H3,(H2,17,18,20,23). The monoisotopic (exact) mass is 369 g/mol. The number of nitrogens with one attached hydrogen (secondary N) is 2. The van der Waals surface area contributed by atoms with Crippen molar-refractivity contribution in [3.8, 4) is 0 Å². The van der Waals surface area contributed by atoms with Gasteiger partial charge in [0.25, 0.3) is 5.91 Å². The minimum Gasteiger partial charge on any atom is -0.358 e. The van der Waals surface area contributed by atoms with E-state index in [2.05, 4.69) is 10.6 Å². The van der Waals surface area contributed by atoms with Crippen LogP contribution in [0.1, 0.15) is 44.0 Å². The second kappa shape index (κ2) is 7.16. The molecule has 1 fully saturated rings. The molecule has 1 aliphatic heterocycles. The number of rotatable bonds is 3. The molecule has 132 valence electrons. The number of hydrogen-bond donors (Lipinski definition) is 2. The van der Waals surface area contributed by atoms with Gasteiger partial charge in [0.05, 0.1) is 4.90 Å². The van der Waals surface area contributed by atoms with Crippen LogP contribution in [-0.2, 0) is 10.0 Å². The Balaban J connectivity index is 2.06. The summed E-state index contributed by atoms with van der Waals surface area (Å²) in [6, 6.07) is 5.92. The smallest absolute Gasteiger partial charge is 0.257 e. The van der Waals surface area contributed by atoms with Gasteiger partial charge in [-0.1, -0.05) is 0 Å². The van der Waals surface area contributed by atoms with E-state index in [4.69, 9.17) is 12.2 Å². The molecule has 0 unspecified atom stereocenters. The van der Waals surface area contributed by atoms with Crippen molar-refractivity contribution in [1.29, 1.82) is 0 Å². The van der Waals surface area contributed by atoms with Crippen LogP contribution < -0.4 is 10.6 Å². The van der Waals surface area contributed by atoms with E-state index in [-0.39, 0.29) is 21.5 Å². The Kier molecular flexibility index (Phi) is 5.62. The number of benzene rings is 1. The summed E-state index contributed by atoms with van der Waals surface area (Å²) in [7, 11) is -3.46. The summed E-state index contributed by atoms with van der Waals surface area (Å²) in [5.74, 6) is -0.373. The second-order valence-corrected chi connectivity index (χ2v) is 9.14. The van der Waals surface area contributed by atoms with E-state index in [1.54, 1.807) is 0 Å². The summed E-state index contributed by atoms with van der Waals surface area (Å²) in [6.07, 6.45) is 1.77. The number of carbonyl (C=O) groups excluding carboxylic acids is 1. The molecule has 6 nitrogen and oxygen atoms in total. The van der Waals surface area contributed by atoms with Gasteiger partial charge < -0.3 is 5.32 Å². The van der Waals surface area contributed by atoms with Gasteiger partial charge in [0.1, 0.15) is 0 Å². The highest BCUT2D eigenvalue weighted by molar-refractivity contribution is 7.89. The number of amides is 1. The summed E-state index contributed by atoms with van der Waals surface area (Å²) in [4.78, 5) is 12.4. The number of hydrogen-bond acceptors (Lipinski definition) is 4. The molecule has 0 atom stereocenters. The van der Waals surface area contributed by atoms with Crippen molar-refractivity contribution in [2.24, 2.45) is 0 Å². The molecule has 1 saturated heterocycles. The lowest BCUT2D eigenvalue weighted by atomic mass is 10.1. The topological polar surface area (TPSA) is 78.5 Å². The van der Waals surface area contributed by atoms with Gasteiger partial charge in [-0.05, 0) is 70.1 Å². The molecule has 0 radical (unpaired) electrons. The van der Waals surface area contributed by atoms with Crippen LogP contribution >= 0.6 is 12.2 Å². The van der Waals surface area contributed by atoms with Gasteiger partial charge in [-0.2, -0.15) is 4.31 Å². The second-order valence-electron chi connectivity index (χ2n) is 6.79. The number of carbonyl (C=O) groups is 1. The molecule has 2 rings (SSSR count). The molecule has 0 aliphatic carbocycles. The minimum absolute atomic E-state index is 0.205. The van der Waals surface area contributed by atoms with Gasteiger partial charge in [-0.15, -0.1) is 0 Å². The fourth-order valence-corrected chi connectivity index (χ4v) is 4.32. The molecule has 1 heterocycles. The molecular formula is C16H23N3O3S2. The van der Waals surface area contributed by atoms with Crippen molar-refractivity contribution in [2.75, 3.05) is 13.1 Å². The Hall–Kier alpha value is -1.51. The van der Waals surface area contributed by atoms with Gasteiger partial charge in [0.15, 0.2) is 5.11 Å². The van der Waals surface area contributed by atoms with Gasteiger partial charge in [-0.3, -0.25) is 10.1 Å². The highest BCUT2D eigenvalue weighted by Crippen LogP contribution is 2.21. The number of nitrogens with zero attached hydrogens (tertiary/aromatic N) is 1. The Labute approximate surface area is 148 Å². The predicted molar refractivity (Wildman–Crippen MR) is 97.4 cm³/mol. The normalized spacial score (nSPS) is 16.0. The first-order valence-corrected chi connectivity index (χ1v) is 9.68. The summed E-state index contributed by atoms with van der Waals surface area (Å²) in [5.41, 5.74) is 0.103. The molecule has 8 heteroatoms. The molecule has 0 spiro atoms. The van der Waals surface area contributed by atoms with Crippen molar-refractivity contribution in [2.45, 2.75) is 44.0 Å². The number of thiocarbonyl (C=S) groups is 1. The third-order valence-corrected chi connectivity index (χ3v) is 5.65. The Morgan fingerprint density at radius 2 is 1.67 bits per heavy atom. The molecule has 0 saturated carbocycles. The maximum Gasteiger partial charge on any atom is 0.257 e. The minimum atomic E-state index is -3.46. The lowest BCUT2D eigenvalue weighted by Crippen LogP contribution is -2.48. The molecular weight excluding hydrogens is 346 g/mol. The van der Waals surface area contributed by atoms with Crippen molar-refractivity contribution < 1.29 is 13.2 Å². The molecule has 0 bridgehead atoms. The quantitative estimate of drug-likeness (QED) is 0.796. The summed E-state index contributed by atoms with van der Waals surface area (Å²) in [5, 5.41) is 5.81. The zero-order valence-corrected chi connectivity index (χ0v) is 15.8. The Morgan fingerprint density at radius 3 is 2.17 bits per heavy atom. The van der Waals surface area contributed by atoms with Crippen LogP contribution in [-0.4, -0.2) is 42.4 Å². The van der Waals surface area contributed by atoms with E-state index in [1.165, 1.54) is 28.6 Å². The highest BCUT2D eigenvalue weighted by Gasteiger charge is 2.27. The Bertz CT molecular complexity index is 716. The van der Waals surface area contributed by atoms with E-state index >= 15 is 0 Å². The van der Waals surface area contributed by atoms with Gasteiger partial charge >= 0.3 is 0 Å². The largest absolute Gasteiger partial charge is 0.358 e. The zero-order valence-electron chi connectivity index (χ0n) is 14.1. The van der Waals surface area contributed by atoms with Crippen LogP contribution in [0.3, 0.4) is 0 Å². The molecule has 24 heavy (non-hydrogen) atoms. The lowest BCUT2D eigenvalue weighted by molar-refractivity contribution is 0.0976. The van der Waals surface area contributed by atoms with Gasteiger partial charge in [-0.25, -0.2) is 8.42 Å². The fourth-order valence-electron chi connectivity index (χ4n) is 2.40. The van der Waals surface area contributed by atoms with Crippen LogP contribution in [0.5, 0.6) is 0 Å². The first-order valence-electron chi connectivity index (χ1n) is 7.83. The van der Waals surface area contributed by atoms with Gasteiger partial charge in [0, 0.05) is 24.2 Å². The molecule has 2 N–H and O–H groups in total. The van der Waals surface area contributed by atoms with Crippen LogP contribution in [0.2, 0.25) is 0 Å². The Morgan fingerprint density at radius 1 is 1.12 bits per heavy atom. The molecule has 0 aromatic heterocycles. The fraction of sp³-hybridized carbons (Fsp3) is 0.500. The maximum absolute atomic E-state index is 12.4. The molecule has 1 aromatic carbocycles. The zero-order chi connectivity index (χ0) is 18.0. The molecule has 1 aromatic rings. The summed E-state index contributed by atoms with van der Waals surface area (Å²) in [6.45, 7) is 6.91. The van der Waals surface area contributed by atoms with E-state index in [9.17, 15) is 13.2 Å². The predicted octanol–water partition coefficient (Wildman–Crippen LogP) is 1.87. The van der Waals surface area contributed by atoms with Crippen LogP contribution in [0.25, 0.3) is 0 Å². The van der Waals surface area contributed by atoms with E-state index in [1.807, 2.05) is 20.8 Å². The van der Waals surface area contributed by atoms with E-state index in [0.29, 0.717) is 18.7 Å². The average molecular weight is 370 g/mol. The van der Waals surface area contributed by atoms with Crippen LogP contribution in [0, 0.1) is 0 Å². The molecule has 1 aliphatic rings. The summed E-state index contributed by atoms with van der Waals surface area (Å²) < 4.78 is 26.4. The van der Waals surface area contributed by atoms with Crippen LogP contribution in [0.15, 0.2) is 29.2 Å². The van der Waals surface area contributed by atoms with Crippen molar-refractivity contribution in [3.63, 3.8) is 0 Å². The third-order valence-electron chi connectivity index (χ3n) is 3.53. The lowest BCUT2D eigenvalue weighted by Gasteiger charge is -2.22. The SMILES string of the molecule is CC(C)(C)NC(=S)NC(=O)c1ccc(S(=O)(=O)N2CCCC2)cc1. The maximum atomic E-state index is 12.4. The van der Waals surface area contributed by atoms with E-state index in [0.717, 1.165) is 12.8 Å². The van der Waals surface area contributed by atoms with Crippen LogP contribution in [0.4, 0.5) is 0 Å². The average Bonchev–Trinajstić information content (AvgIpc) is 3.00. The first-order chi connectivity index (χ1) is 11.1. The summed E-state index contributed by atoms with van der Waals surface area (Å²) >= 11 is 5.09. The molecule has 1 amide bonds. The van der Waals surface area contributed by atoms with E-state index < -0.39 is 10.0 Å². The third kappa shape index (κ3) is 4.75. The van der Waals surface area contributed by atoms with Crippen molar-refractivity contribution >= 4 is 33.3 Å². The first kappa shape index (κ1) is 18.8.